The second-order valence-corrected chi connectivity index (χ2v) is 3.82. The molecule has 0 atom stereocenters. The van der Waals surface area contributed by atoms with Crippen LogP contribution in [0.5, 0.6) is 0 Å². The molecule has 5 nitrogen and oxygen atoms in total. The highest BCUT2D eigenvalue weighted by molar-refractivity contribution is 5.19. The van der Waals surface area contributed by atoms with Crippen molar-refractivity contribution >= 4 is 0 Å². The molecule has 1 heterocycles. The SMILES string of the molecule is NCC(CN)c1cccc(C(CN)CN)n1. The van der Waals surface area contributed by atoms with E-state index in [0.29, 0.717) is 26.2 Å². The highest BCUT2D eigenvalue weighted by atomic mass is 14.8. The lowest BCUT2D eigenvalue weighted by atomic mass is 10.0. The second-order valence-electron chi connectivity index (χ2n) is 3.82. The molecule has 0 aliphatic carbocycles. The zero-order valence-corrected chi connectivity index (χ0v) is 9.47. The van der Waals surface area contributed by atoms with E-state index in [4.69, 9.17) is 22.9 Å². The van der Waals surface area contributed by atoms with Gasteiger partial charge in [-0.3, -0.25) is 4.98 Å². The van der Waals surface area contributed by atoms with Crippen LogP contribution in [0, 0.1) is 0 Å². The van der Waals surface area contributed by atoms with Gasteiger partial charge in [-0.05, 0) is 12.1 Å². The Bertz CT molecular complexity index is 280. The van der Waals surface area contributed by atoms with Gasteiger partial charge in [0.15, 0.2) is 0 Å². The lowest BCUT2D eigenvalue weighted by Gasteiger charge is -2.16. The maximum Gasteiger partial charge on any atom is 0.0463 e. The number of hydrogen-bond donors (Lipinski definition) is 4. The Labute approximate surface area is 96.2 Å². The summed E-state index contributed by atoms with van der Waals surface area (Å²) in [5.74, 6) is 0.215. The minimum atomic E-state index is 0.108. The predicted octanol–water partition coefficient (Wildman–Crippen LogP) is -0.916. The van der Waals surface area contributed by atoms with Crippen LogP contribution < -0.4 is 22.9 Å². The van der Waals surface area contributed by atoms with Crippen LogP contribution in [0.1, 0.15) is 23.2 Å². The van der Waals surface area contributed by atoms with Crippen molar-refractivity contribution in [2.45, 2.75) is 11.8 Å². The third kappa shape index (κ3) is 2.99. The molecule has 0 aliphatic heterocycles. The van der Waals surface area contributed by atoms with Crippen molar-refractivity contribution in [3.05, 3.63) is 29.6 Å². The van der Waals surface area contributed by atoms with E-state index in [9.17, 15) is 0 Å². The third-order valence-electron chi connectivity index (χ3n) is 2.77. The quantitative estimate of drug-likeness (QED) is 0.498. The largest absolute Gasteiger partial charge is 0.330 e. The van der Waals surface area contributed by atoms with Crippen molar-refractivity contribution in [3.8, 4) is 0 Å². The van der Waals surface area contributed by atoms with Crippen molar-refractivity contribution in [2.75, 3.05) is 26.2 Å². The molecule has 0 radical (unpaired) electrons. The summed E-state index contributed by atoms with van der Waals surface area (Å²) in [5, 5.41) is 0. The third-order valence-corrected chi connectivity index (χ3v) is 2.77. The molecule has 8 N–H and O–H groups in total. The van der Waals surface area contributed by atoms with Gasteiger partial charge >= 0.3 is 0 Å². The first-order valence-electron chi connectivity index (χ1n) is 5.53. The highest BCUT2D eigenvalue weighted by Gasteiger charge is 2.13. The van der Waals surface area contributed by atoms with Crippen LogP contribution in [0.4, 0.5) is 0 Å². The summed E-state index contributed by atoms with van der Waals surface area (Å²) in [5.41, 5.74) is 24.4. The molecule has 1 aromatic rings. The minimum absolute atomic E-state index is 0.108. The van der Waals surface area contributed by atoms with E-state index >= 15 is 0 Å². The maximum absolute atomic E-state index is 5.64. The van der Waals surface area contributed by atoms with E-state index < -0.39 is 0 Å². The fourth-order valence-corrected chi connectivity index (χ4v) is 1.60. The predicted molar refractivity (Wildman–Crippen MR) is 65.9 cm³/mol. The van der Waals surface area contributed by atoms with Gasteiger partial charge < -0.3 is 22.9 Å². The molecule has 0 amide bonds. The number of rotatable bonds is 6. The fourth-order valence-electron chi connectivity index (χ4n) is 1.60. The monoisotopic (exact) mass is 223 g/mol. The number of pyridine rings is 1. The van der Waals surface area contributed by atoms with Gasteiger partial charge in [0.2, 0.25) is 0 Å². The zero-order valence-electron chi connectivity index (χ0n) is 9.47. The summed E-state index contributed by atoms with van der Waals surface area (Å²) < 4.78 is 0. The number of aromatic nitrogens is 1. The molecule has 16 heavy (non-hydrogen) atoms. The minimum Gasteiger partial charge on any atom is -0.330 e. The van der Waals surface area contributed by atoms with E-state index in [1.807, 2.05) is 18.2 Å². The Balaban J connectivity index is 2.93. The van der Waals surface area contributed by atoms with Gasteiger partial charge in [0.1, 0.15) is 0 Å². The van der Waals surface area contributed by atoms with Crippen LogP contribution in [-0.2, 0) is 0 Å². The second kappa shape index (κ2) is 6.55. The molecule has 0 spiro atoms. The van der Waals surface area contributed by atoms with Gasteiger partial charge in [-0.25, -0.2) is 0 Å². The summed E-state index contributed by atoms with van der Waals surface area (Å²) in [6, 6.07) is 5.84. The van der Waals surface area contributed by atoms with Gasteiger partial charge in [-0.2, -0.15) is 0 Å². The van der Waals surface area contributed by atoms with E-state index in [2.05, 4.69) is 4.98 Å². The summed E-state index contributed by atoms with van der Waals surface area (Å²) in [4.78, 5) is 4.54. The van der Waals surface area contributed by atoms with Crippen LogP contribution in [0.15, 0.2) is 18.2 Å². The van der Waals surface area contributed by atoms with Gasteiger partial charge in [0.05, 0.1) is 0 Å². The van der Waals surface area contributed by atoms with Gasteiger partial charge in [0, 0.05) is 49.4 Å². The summed E-state index contributed by atoms with van der Waals surface area (Å²) in [6.07, 6.45) is 0. The van der Waals surface area contributed by atoms with Crippen molar-refractivity contribution in [1.82, 2.24) is 4.98 Å². The molecule has 1 rings (SSSR count). The normalized spacial score (nSPS) is 11.4. The molecule has 0 saturated carbocycles. The molecular formula is C11H21N5. The standard InChI is InChI=1S/C11H21N5/c12-4-8(5-13)10-2-1-3-11(16-10)9(6-14)7-15/h1-3,8-9H,4-7,12-15H2. The Kier molecular flexibility index (Phi) is 5.34. The first kappa shape index (κ1) is 13.1. The van der Waals surface area contributed by atoms with Crippen molar-refractivity contribution in [3.63, 3.8) is 0 Å². The number of nitrogens with two attached hydrogens (primary N) is 4. The van der Waals surface area contributed by atoms with Crippen LogP contribution in [0.3, 0.4) is 0 Å². The maximum atomic E-state index is 5.64. The summed E-state index contributed by atoms with van der Waals surface area (Å²) in [6.45, 7) is 2.01. The molecule has 0 aliphatic rings. The van der Waals surface area contributed by atoms with Crippen LogP contribution >= 0.6 is 0 Å². The lowest BCUT2D eigenvalue weighted by molar-refractivity contribution is 0.649. The Hall–Kier alpha value is -1.01. The average Bonchev–Trinajstić information content (AvgIpc) is 2.33. The smallest absolute Gasteiger partial charge is 0.0463 e. The van der Waals surface area contributed by atoms with Gasteiger partial charge in [-0.1, -0.05) is 6.07 Å². The molecule has 90 valence electrons. The van der Waals surface area contributed by atoms with E-state index in [1.165, 1.54) is 0 Å². The molecule has 0 fully saturated rings. The number of nitrogens with zero attached hydrogens (tertiary/aromatic N) is 1. The summed E-state index contributed by atoms with van der Waals surface area (Å²) >= 11 is 0. The first-order chi connectivity index (χ1) is 7.76. The van der Waals surface area contributed by atoms with E-state index in [1.54, 1.807) is 0 Å². The van der Waals surface area contributed by atoms with E-state index in [0.717, 1.165) is 11.4 Å². The molecule has 0 aromatic carbocycles. The average molecular weight is 223 g/mol. The fraction of sp³-hybridized carbons (Fsp3) is 0.545. The number of hydrogen-bond acceptors (Lipinski definition) is 5. The molecule has 1 aromatic heterocycles. The Morgan fingerprint density at radius 1 is 0.812 bits per heavy atom. The molecule has 5 heteroatoms. The molecule has 0 unspecified atom stereocenters. The van der Waals surface area contributed by atoms with Crippen LogP contribution in [0.25, 0.3) is 0 Å². The van der Waals surface area contributed by atoms with Gasteiger partial charge in [-0.15, -0.1) is 0 Å². The molecule has 0 bridgehead atoms. The summed E-state index contributed by atoms with van der Waals surface area (Å²) in [7, 11) is 0. The Morgan fingerprint density at radius 2 is 1.19 bits per heavy atom. The van der Waals surface area contributed by atoms with Crippen molar-refractivity contribution in [2.24, 2.45) is 22.9 Å². The molecular weight excluding hydrogens is 202 g/mol. The first-order valence-corrected chi connectivity index (χ1v) is 5.53. The topological polar surface area (TPSA) is 117 Å². The van der Waals surface area contributed by atoms with E-state index in [-0.39, 0.29) is 11.8 Å². The molecule has 0 saturated heterocycles. The van der Waals surface area contributed by atoms with Gasteiger partial charge in [0.25, 0.3) is 0 Å². The lowest BCUT2D eigenvalue weighted by Crippen LogP contribution is -2.25. The zero-order chi connectivity index (χ0) is 12.0. The van der Waals surface area contributed by atoms with Crippen molar-refractivity contribution < 1.29 is 0 Å². The van der Waals surface area contributed by atoms with Crippen LogP contribution in [-0.4, -0.2) is 31.2 Å². The van der Waals surface area contributed by atoms with Crippen molar-refractivity contribution in [1.29, 1.82) is 0 Å². The van der Waals surface area contributed by atoms with Crippen LogP contribution in [0.2, 0.25) is 0 Å². The Morgan fingerprint density at radius 3 is 1.50 bits per heavy atom. The highest BCUT2D eigenvalue weighted by Crippen LogP contribution is 2.15.